The van der Waals surface area contributed by atoms with Crippen LogP contribution < -0.4 is 5.32 Å². The minimum atomic E-state index is 0.445. The summed E-state index contributed by atoms with van der Waals surface area (Å²) in [7, 11) is 0. The summed E-state index contributed by atoms with van der Waals surface area (Å²) in [5.41, 5.74) is 1.17. The molecule has 3 heteroatoms. The molecule has 0 bridgehead atoms. The Morgan fingerprint density at radius 2 is 2.00 bits per heavy atom. The maximum absolute atomic E-state index is 4.34. The fraction of sp³-hybridized carbons (Fsp3) is 0.769. The van der Waals surface area contributed by atoms with Crippen molar-refractivity contribution in [1.29, 1.82) is 0 Å². The van der Waals surface area contributed by atoms with Crippen molar-refractivity contribution >= 4 is 5.69 Å². The van der Waals surface area contributed by atoms with Crippen molar-refractivity contribution in [3.8, 4) is 0 Å². The Labute approximate surface area is 98.2 Å². The number of nitrogens with one attached hydrogen (secondary N) is 1. The predicted molar refractivity (Wildman–Crippen MR) is 67.6 cm³/mol. The van der Waals surface area contributed by atoms with Crippen molar-refractivity contribution in [2.75, 3.05) is 5.32 Å². The van der Waals surface area contributed by atoms with Crippen LogP contribution in [0.1, 0.15) is 46.6 Å². The topological polar surface area (TPSA) is 29.9 Å². The zero-order chi connectivity index (χ0) is 11.7. The molecule has 3 nitrogen and oxygen atoms in total. The van der Waals surface area contributed by atoms with Crippen LogP contribution in [0.2, 0.25) is 0 Å². The fourth-order valence-electron chi connectivity index (χ4n) is 2.25. The summed E-state index contributed by atoms with van der Waals surface area (Å²) >= 11 is 0. The Balaban J connectivity index is 1.82. The Hall–Kier alpha value is -0.990. The van der Waals surface area contributed by atoms with E-state index in [9.17, 15) is 0 Å². The Kier molecular flexibility index (Phi) is 3.22. The van der Waals surface area contributed by atoms with E-state index in [-0.39, 0.29) is 0 Å². The molecule has 16 heavy (non-hydrogen) atoms. The molecule has 0 amide bonds. The third-order valence-corrected chi connectivity index (χ3v) is 3.62. The highest BCUT2D eigenvalue weighted by molar-refractivity contribution is 5.40. The second kappa shape index (κ2) is 4.48. The lowest BCUT2D eigenvalue weighted by molar-refractivity contribution is 0.212. The Morgan fingerprint density at radius 3 is 2.50 bits per heavy atom. The van der Waals surface area contributed by atoms with Gasteiger partial charge in [0.1, 0.15) is 0 Å². The molecule has 1 saturated carbocycles. The van der Waals surface area contributed by atoms with Crippen molar-refractivity contribution in [3.05, 3.63) is 12.4 Å². The van der Waals surface area contributed by atoms with E-state index < -0.39 is 0 Å². The second-order valence-electron chi connectivity index (χ2n) is 5.62. The van der Waals surface area contributed by atoms with E-state index in [1.807, 2.05) is 10.9 Å². The van der Waals surface area contributed by atoms with Crippen molar-refractivity contribution in [2.45, 2.75) is 52.6 Å². The van der Waals surface area contributed by atoms with Gasteiger partial charge in [0.15, 0.2) is 0 Å². The first kappa shape index (κ1) is 11.5. The zero-order valence-corrected chi connectivity index (χ0v) is 10.8. The quantitative estimate of drug-likeness (QED) is 0.845. The minimum absolute atomic E-state index is 0.445. The van der Waals surface area contributed by atoms with E-state index in [1.165, 1.54) is 18.5 Å². The van der Waals surface area contributed by atoms with Gasteiger partial charge in [-0.05, 0) is 38.5 Å². The maximum Gasteiger partial charge on any atom is 0.0728 e. The predicted octanol–water partition coefficient (Wildman–Crippen LogP) is 3.31. The summed E-state index contributed by atoms with van der Waals surface area (Å²) < 4.78 is 2.00. The van der Waals surface area contributed by atoms with Crippen molar-refractivity contribution in [1.82, 2.24) is 9.78 Å². The lowest BCUT2D eigenvalue weighted by Gasteiger charge is -2.38. The third kappa shape index (κ3) is 2.39. The molecule has 1 aliphatic rings. The fourth-order valence-corrected chi connectivity index (χ4v) is 2.25. The highest BCUT2D eigenvalue weighted by Gasteiger charge is 2.31. The van der Waals surface area contributed by atoms with Crippen LogP contribution in [-0.2, 0) is 0 Å². The number of aromatic nitrogens is 2. The summed E-state index contributed by atoms with van der Waals surface area (Å²) in [5, 5.41) is 7.89. The van der Waals surface area contributed by atoms with Gasteiger partial charge in [-0.2, -0.15) is 5.10 Å². The first-order valence-electron chi connectivity index (χ1n) is 6.37. The van der Waals surface area contributed by atoms with Gasteiger partial charge < -0.3 is 5.32 Å². The molecule has 0 aromatic carbocycles. The van der Waals surface area contributed by atoms with Gasteiger partial charge in [-0.25, -0.2) is 0 Å². The van der Waals surface area contributed by atoms with E-state index in [0.29, 0.717) is 12.1 Å². The standard InChI is InChI=1S/C13H23N3/c1-9(2)11-5-12(6-11)15-13-7-14-16(8-13)10(3)4/h7-12,15H,5-6H2,1-4H3. The maximum atomic E-state index is 4.34. The Morgan fingerprint density at radius 1 is 1.31 bits per heavy atom. The molecule has 1 aliphatic carbocycles. The molecule has 1 aromatic heterocycles. The number of anilines is 1. The molecule has 2 rings (SSSR count). The van der Waals surface area contributed by atoms with Crippen LogP contribution in [0.4, 0.5) is 5.69 Å². The van der Waals surface area contributed by atoms with E-state index >= 15 is 0 Å². The SMILES string of the molecule is CC(C)C1CC(Nc2cnn(C(C)C)c2)C1. The summed E-state index contributed by atoms with van der Waals surface area (Å²) in [4.78, 5) is 0. The van der Waals surface area contributed by atoms with Crippen LogP contribution in [0, 0.1) is 11.8 Å². The van der Waals surface area contributed by atoms with Crippen LogP contribution in [0.25, 0.3) is 0 Å². The molecule has 0 atom stereocenters. The first-order valence-corrected chi connectivity index (χ1v) is 6.37. The van der Waals surface area contributed by atoms with Crippen LogP contribution in [0.15, 0.2) is 12.4 Å². The van der Waals surface area contributed by atoms with Gasteiger partial charge in [0.2, 0.25) is 0 Å². The zero-order valence-electron chi connectivity index (χ0n) is 10.8. The summed E-state index contributed by atoms with van der Waals surface area (Å²) in [5.74, 6) is 1.74. The highest BCUT2D eigenvalue weighted by Crippen LogP contribution is 2.35. The largest absolute Gasteiger partial charge is 0.380 e. The second-order valence-corrected chi connectivity index (χ2v) is 5.62. The first-order chi connectivity index (χ1) is 7.56. The van der Waals surface area contributed by atoms with Crippen molar-refractivity contribution in [2.24, 2.45) is 11.8 Å². The van der Waals surface area contributed by atoms with E-state index in [0.717, 1.165) is 11.8 Å². The summed E-state index contributed by atoms with van der Waals surface area (Å²) in [6.45, 7) is 8.93. The molecule has 1 aromatic rings. The molecular formula is C13H23N3. The highest BCUT2D eigenvalue weighted by atomic mass is 15.3. The molecule has 0 unspecified atom stereocenters. The molecular weight excluding hydrogens is 198 g/mol. The van der Waals surface area contributed by atoms with Crippen molar-refractivity contribution < 1.29 is 0 Å². The van der Waals surface area contributed by atoms with Crippen LogP contribution in [-0.4, -0.2) is 15.8 Å². The summed E-state index contributed by atoms with van der Waals surface area (Å²) in [6.07, 6.45) is 6.66. The Bertz CT molecular complexity index is 335. The molecule has 0 saturated heterocycles. The molecule has 0 aliphatic heterocycles. The van der Waals surface area contributed by atoms with Gasteiger partial charge in [0, 0.05) is 18.3 Å². The molecule has 1 fully saturated rings. The van der Waals surface area contributed by atoms with Gasteiger partial charge in [-0.1, -0.05) is 13.8 Å². The van der Waals surface area contributed by atoms with Crippen molar-refractivity contribution in [3.63, 3.8) is 0 Å². The van der Waals surface area contributed by atoms with Gasteiger partial charge >= 0.3 is 0 Å². The van der Waals surface area contributed by atoms with Gasteiger partial charge in [0.05, 0.1) is 11.9 Å². The van der Waals surface area contributed by atoms with Crippen LogP contribution in [0.3, 0.4) is 0 Å². The van der Waals surface area contributed by atoms with Gasteiger partial charge in [0.25, 0.3) is 0 Å². The number of hydrogen-bond acceptors (Lipinski definition) is 2. The molecule has 0 radical (unpaired) electrons. The van der Waals surface area contributed by atoms with E-state index in [4.69, 9.17) is 0 Å². The molecule has 90 valence electrons. The normalized spacial score (nSPS) is 24.9. The minimum Gasteiger partial charge on any atom is -0.380 e. The molecule has 0 spiro atoms. The molecule has 1 N–H and O–H groups in total. The molecule has 1 heterocycles. The van der Waals surface area contributed by atoms with E-state index in [2.05, 4.69) is 44.3 Å². The number of nitrogens with zero attached hydrogens (tertiary/aromatic N) is 2. The lowest BCUT2D eigenvalue weighted by atomic mass is 9.73. The van der Waals surface area contributed by atoms with Crippen LogP contribution in [0.5, 0.6) is 0 Å². The van der Waals surface area contributed by atoms with Gasteiger partial charge in [-0.3, -0.25) is 4.68 Å². The van der Waals surface area contributed by atoms with E-state index in [1.54, 1.807) is 0 Å². The summed E-state index contributed by atoms with van der Waals surface area (Å²) in [6, 6.07) is 1.11. The monoisotopic (exact) mass is 221 g/mol. The number of rotatable bonds is 4. The smallest absolute Gasteiger partial charge is 0.0728 e. The average molecular weight is 221 g/mol. The van der Waals surface area contributed by atoms with Crippen LogP contribution >= 0.6 is 0 Å². The average Bonchev–Trinajstić information content (AvgIpc) is 2.58. The number of hydrogen-bond donors (Lipinski definition) is 1. The van der Waals surface area contributed by atoms with Gasteiger partial charge in [-0.15, -0.1) is 0 Å². The lowest BCUT2D eigenvalue weighted by Crippen LogP contribution is -2.37. The third-order valence-electron chi connectivity index (χ3n) is 3.62.